The number of nitrogens with zero attached hydrogens (tertiary/aromatic N) is 2. The standard InChI is InChI=1S/C29H36ClFN6O/c1-3-22(33)11-12-34-16-19-7-9-23(10-8-19)37-17-21-15-26(35-28(21)36-29(37)38)24-13-20(6-4-5-18(2)32)14-25(30)27(24)31/h7-10,13-15,17-18,22,34H,3-6,11-12,16,32-33H2,1-2H3,(H,35,36,38)/t18-,22-/m0/s1. The van der Waals surface area contributed by atoms with Crippen LogP contribution in [0.25, 0.3) is 28.0 Å². The summed E-state index contributed by atoms with van der Waals surface area (Å²) in [6, 6.07) is 13.3. The van der Waals surface area contributed by atoms with Gasteiger partial charge in [0.1, 0.15) is 5.65 Å². The minimum absolute atomic E-state index is 0.0623. The molecule has 0 saturated carbocycles. The van der Waals surface area contributed by atoms with Crippen LogP contribution in [0.4, 0.5) is 4.39 Å². The Kier molecular flexibility index (Phi) is 9.33. The molecule has 0 aliphatic heterocycles. The van der Waals surface area contributed by atoms with Crippen molar-refractivity contribution in [2.24, 2.45) is 11.5 Å². The summed E-state index contributed by atoms with van der Waals surface area (Å²) in [5.41, 5.74) is 15.4. The predicted octanol–water partition coefficient (Wildman–Crippen LogP) is 5.06. The highest BCUT2D eigenvalue weighted by molar-refractivity contribution is 6.31. The molecule has 0 amide bonds. The Morgan fingerprint density at radius 3 is 2.61 bits per heavy atom. The highest BCUT2D eigenvalue weighted by Gasteiger charge is 2.15. The number of halogens is 2. The van der Waals surface area contributed by atoms with Crippen LogP contribution in [0, 0.1) is 5.82 Å². The van der Waals surface area contributed by atoms with E-state index >= 15 is 4.39 Å². The monoisotopic (exact) mass is 538 g/mol. The fourth-order valence-electron chi connectivity index (χ4n) is 4.44. The van der Waals surface area contributed by atoms with E-state index in [1.165, 1.54) is 4.57 Å². The van der Waals surface area contributed by atoms with E-state index in [4.69, 9.17) is 23.1 Å². The van der Waals surface area contributed by atoms with Crippen LogP contribution in [-0.2, 0) is 13.0 Å². The summed E-state index contributed by atoms with van der Waals surface area (Å²) in [7, 11) is 0. The molecule has 0 unspecified atom stereocenters. The van der Waals surface area contributed by atoms with Gasteiger partial charge in [-0.15, -0.1) is 0 Å². The highest BCUT2D eigenvalue weighted by atomic mass is 35.5. The van der Waals surface area contributed by atoms with Crippen molar-refractivity contribution in [3.63, 3.8) is 0 Å². The molecule has 202 valence electrons. The Balaban J connectivity index is 1.54. The van der Waals surface area contributed by atoms with Gasteiger partial charge < -0.3 is 21.8 Å². The summed E-state index contributed by atoms with van der Waals surface area (Å²) in [5, 5.41) is 4.15. The van der Waals surface area contributed by atoms with Crippen LogP contribution in [-0.4, -0.2) is 33.2 Å². The lowest BCUT2D eigenvalue weighted by Gasteiger charge is -2.10. The second kappa shape index (κ2) is 12.7. The largest absolute Gasteiger partial charge is 0.354 e. The van der Waals surface area contributed by atoms with E-state index in [0.717, 1.165) is 56.3 Å². The van der Waals surface area contributed by atoms with E-state index in [0.29, 0.717) is 28.0 Å². The van der Waals surface area contributed by atoms with Gasteiger partial charge in [0.25, 0.3) is 0 Å². The predicted molar refractivity (Wildman–Crippen MR) is 153 cm³/mol. The third-order valence-electron chi connectivity index (χ3n) is 6.77. The highest BCUT2D eigenvalue weighted by Crippen LogP contribution is 2.31. The van der Waals surface area contributed by atoms with Crippen LogP contribution < -0.4 is 22.5 Å². The van der Waals surface area contributed by atoms with Gasteiger partial charge in [0.2, 0.25) is 0 Å². The van der Waals surface area contributed by atoms with E-state index in [9.17, 15) is 4.79 Å². The molecule has 2 atom stereocenters. The molecule has 2 heterocycles. The van der Waals surface area contributed by atoms with Crippen LogP contribution in [0.5, 0.6) is 0 Å². The smallest absolute Gasteiger partial charge is 0.339 e. The number of aryl methyl sites for hydroxylation is 1. The van der Waals surface area contributed by atoms with Crippen LogP contribution in [0.3, 0.4) is 0 Å². The van der Waals surface area contributed by atoms with Gasteiger partial charge >= 0.3 is 5.69 Å². The molecular weight excluding hydrogens is 503 g/mol. The molecule has 7 nitrogen and oxygen atoms in total. The van der Waals surface area contributed by atoms with Gasteiger partial charge in [-0.3, -0.25) is 4.57 Å². The number of H-pyrrole nitrogens is 1. The van der Waals surface area contributed by atoms with Crippen molar-refractivity contribution < 1.29 is 4.39 Å². The van der Waals surface area contributed by atoms with Gasteiger partial charge in [-0.05, 0) is 87.0 Å². The first kappa shape index (κ1) is 28.0. The molecule has 0 saturated heterocycles. The van der Waals surface area contributed by atoms with Gasteiger partial charge in [-0.25, -0.2) is 9.18 Å². The van der Waals surface area contributed by atoms with Gasteiger partial charge in [-0.2, -0.15) is 4.98 Å². The third-order valence-corrected chi connectivity index (χ3v) is 7.05. The van der Waals surface area contributed by atoms with Crippen molar-refractivity contribution in [2.45, 2.75) is 64.6 Å². The maximum Gasteiger partial charge on any atom is 0.354 e. The molecule has 6 N–H and O–H groups in total. The Morgan fingerprint density at radius 2 is 1.89 bits per heavy atom. The zero-order valence-corrected chi connectivity index (χ0v) is 22.7. The first-order chi connectivity index (χ1) is 18.2. The van der Waals surface area contributed by atoms with Crippen molar-refractivity contribution in [3.05, 3.63) is 81.1 Å². The SMILES string of the molecule is CC[C@H](N)CCNCc1ccc(-n2cc3cc(-c4cc(CCC[C@H](C)N)cc(Cl)c4F)[nH]c3nc2=O)cc1. The molecule has 9 heteroatoms. The number of hydrogen-bond acceptors (Lipinski definition) is 5. The molecule has 38 heavy (non-hydrogen) atoms. The average Bonchev–Trinajstić information content (AvgIpc) is 3.30. The average molecular weight is 539 g/mol. The van der Waals surface area contributed by atoms with Gasteiger partial charge in [0.05, 0.1) is 16.4 Å². The van der Waals surface area contributed by atoms with Gasteiger partial charge in [0.15, 0.2) is 5.82 Å². The number of hydrogen-bond donors (Lipinski definition) is 4. The molecule has 4 rings (SSSR count). The van der Waals surface area contributed by atoms with Crippen molar-refractivity contribution in [1.82, 2.24) is 19.9 Å². The molecule has 0 bridgehead atoms. The maximum absolute atomic E-state index is 15.0. The summed E-state index contributed by atoms with van der Waals surface area (Å²) >= 11 is 6.22. The van der Waals surface area contributed by atoms with Crippen LogP contribution in [0.2, 0.25) is 5.02 Å². The molecule has 0 aliphatic rings. The number of fused-ring (bicyclic) bond motifs is 1. The van der Waals surface area contributed by atoms with Crippen molar-refractivity contribution in [2.75, 3.05) is 6.54 Å². The lowest BCUT2D eigenvalue weighted by molar-refractivity contribution is 0.549. The normalized spacial score (nSPS) is 13.2. The summed E-state index contributed by atoms with van der Waals surface area (Å²) in [4.78, 5) is 20.1. The quantitative estimate of drug-likeness (QED) is 0.188. The van der Waals surface area contributed by atoms with E-state index in [1.807, 2.05) is 31.2 Å². The van der Waals surface area contributed by atoms with Crippen molar-refractivity contribution >= 4 is 22.6 Å². The number of benzene rings is 2. The molecule has 4 aromatic rings. The van der Waals surface area contributed by atoms with E-state index in [-0.39, 0.29) is 17.1 Å². The number of nitrogens with two attached hydrogens (primary N) is 2. The molecule has 2 aromatic heterocycles. The maximum atomic E-state index is 15.0. The van der Waals surface area contributed by atoms with E-state index < -0.39 is 11.5 Å². The van der Waals surface area contributed by atoms with Crippen LogP contribution in [0.15, 0.2) is 53.5 Å². The lowest BCUT2D eigenvalue weighted by atomic mass is 10.0. The number of nitrogens with one attached hydrogen (secondary N) is 2. The number of aromatic nitrogens is 3. The summed E-state index contributed by atoms with van der Waals surface area (Å²) in [6.07, 6.45) is 6.12. The zero-order valence-electron chi connectivity index (χ0n) is 21.9. The molecule has 2 aromatic carbocycles. The molecule has 0 aliphatic carbocycles. The first-order valence-corrected chi connectivity index (χ1v) is 13.5. The van der Waals surface area contributed by atoms with Crippen LogP contribution in [0.1, 0.15) is 50.7 Å². The summed E-state index contributed by atoms with van der Waals surface area (Å²) in [6.45, 7) is 5.63. The van der Waals surface area contributed by atoms with Gasteiger partial charge in [0, 0.05) is 35.8 Å². The molecule has 0 radical (unpaired) electrons. The third kappa shape index (κ3) is 6.88. The number of aromatic amines is 1. The Morgan fingerprint density at radius 1 is 1.13 bits per heavy atom. The minimum Gasteiger partial charge on any atom is -0.339 e. The lowest BCUT2D eigenvalue weighted by Crippen LogP contribution is -2.25. The second-order valence-corrected chi connectivity index (χ2v) is 10.4. The fraction of sp³-hybridized carbons (Fsp3) is 0.379. The molecule has 0 fully saturated rings. The fourth-order valence-corrected chi connectivity index (χ4v) is 4.68. The number of rotatable bonds is 12. The molecular formula is C29H36ClFN6O. The summed E-state index contributed by atoms with van der Waals surface area (Å²) < 4.78 is 16.5. The van der Waals surface area contributed by atoms with Gasteiger partial charge in [-0.1, -0.05) is 30.7 Å². The Labute approximate surface area is 227 Å². The zero-order chi connectivity index (χ0) is 27.2. The van der Waals surface area contributed by atoms with Crippen LogP contribution >= 0.6 is 11.6 Å². The minimum atomic E-state index is -0.509. The van der Waals surface area contributed by atoms with E-state index in [1.54, 1.807) is 24.4 Å². The van der Waals surface area contributed by atoms with E-state index in [2.05, 4.69) is 22.2 Å². The molecule has 0 spiro atoms. The van der Waals surface area contributed by atoms with Crippen molar-refractivity contribution in [3.8, 4) is 16.9 Å². The first-order valence-electron chi connectivity index (χ1n) is 13.2. The topological polar surface area (TPSA) is 115 Å². The Hall–Kier alpha value is -3.04. The summed E-state index contributed by atoms with van der Waals surface area (Å²) in [5.74, 6) is -0.509. The van der Waals surface area contributed by atoms with Crippen molar-refractivity contribution in [1.29, 1.82) is 0 Å². The second-order valence-electron chi connectivity index (χ2n) is 9.99. The Bertz CT molecular complexity index is 1430.